The van der Waals surface area contributed by atoms with Gasteiger partial charge in [-0.15, -0.1) is 0 Å². The Balaban J connectivity index is 0.808. The fourth-order valence-electron chi connectivity index (χ4n) is 19.0. The molecule has 1 nitrogen and oxygen atoms in total. The molecule has 9 saturated carbocycles. The highest BCUT2D eigenvalue weighted by molar-refractivity contribution is 8.02. The zero-order chi connectivity index (χ0) is 35.3. The van der Waals surface area contributed by atoms with Crippen molar-refractivity contribution in [3.05, 3.63) is 0 Å². The highest BCUT2D eigenvalue weighted by Crippen LogP contribution is 2.66. The van der Waals surface area contributed by atoms with Crippen LogP contribution in [-0.4, -0.2) is 54.5 Å². The summed E-state index contributed by atoms with van der Waals surface area (Å²) >= 11 is 7.78. The molecule has 302 valence electrons. The van der Waals surface area contributed by atoms with Gasteiger partial charge >= 0.3 is 0 Å². The smallest absolute Gasteiger partial charge is 0.0237 e. The molecule has 0 aromatic heterocycles. The summed E-state index contributed by atoms with van der Waals surface area (Å²) in [7, 11) is 0. The van der Waals surface area contributed by atoms with Crippen molar-refractivity contribution in [2.75, 3.05) is 0 Å². The molecule has 12 fully saturated rings. The van der Waals surface area contributed by atoms with Crippen LogP contribution in [0, 0.1) is 71.0 Å². The van der Waals surface area contributed by atoms with Gasteiger partial charge in [0, 0.05) is 49.6 Å². The first-order valence-corrected chi connectivity index (χ1v) is 28.3. The first kappa shape index (κ1) is 36.8. The molecule has 12 rings (SSSR count). The number of thioether (sulfide) groups is 3. The van der Waals surface area contributed by atoms with Crippen molar-refractivity contribution in [3.8, 4) is 0 Å². The number of hydrogen-bond donors (Lipinski definition) is 0. The lowest BCUT2D eigenvalue weighted by Gasteiger charge is -2.56. The van der Waals surface area contributed by atoms with Gasteiger partial charge in [0.15, 0.2) is 0 Å². The molecule has 54 heavy (non-hydrogen) atoms. The van der Waals surface area contributed by atoms with E-state index in [0.29, 0.717) is 0 Å². The third-order valence-electron chi connectivity index (χ3n) is 20.9. The maximum absolute atomic E-state index is 3.50. The number of fused-ring (bicyclic) bond motifs is 13. The SMILES string of the molecule is C1CCC2C(C1)CC(C1CCC(N(C3CCC4C(C3)SC3CCCCC34)C3CCCC4C5CCC6SC7CCCCC7C6C5SC43)CC1)C1CCCCC21. The molecule has 0 aromatic rings. The quantitative estimate of drug-likeness (QED) is 0.279. The maximum atomic E-state index is 3.50. The molecule has 3 heterocycles. The van der Waals surface area contributed by atoms with Crippen LogP contribution in [0.15, 0.2) is 0 Å². The Morgan fingerprint density at radius 2 is 0.889 bits per heavy atom. The maximum Gasteiger partial charge on any atom is 0.0237 e. The summed E-state index contributed by atoms with van der Waals surface area (Å²) in [6.45, 7) is 0. The number of rotatable bonds is 4. The van der Waals surface area contributed by atoms with Crippen LogP contribution in [-0.2, 0) is 0 Å². The molecule has 9 aliphatic carbocycles. The van der Waals surface area contributed by atoms with E-state index >= 15 is 0 Å². The van der Waals surface area contributed by atoms with E-state index in [1.54, 1.807) is 173 Å². The van der Waals surface area contributed by atoms with Crippen molar-refractivity contribution >= 4 is 35.3 Å². The van der Waals surface area contributed by atoms with Crippen LogP contribution in [0.1, 0.15) is 186 Å². The van der Waals surface area contributed by atoms with Crippen molar-refractivity contribution in [2.45, 2.75) is 236 Å². The van der Waals surface area contributed by atoms with Crippen molar-refractivity contribution in [3.63, 3.8) is 0 Å². The van der Waals surface area contributed by atoms with E-state index in [-0.39, 0.29) is 0 Å². The molecular weight excluding hydrogens is 711 g/mol. The van der Waals surface area contributed by atoms with Gasteiger partial charge in [-0.3, -0.25) is 4.90 Å². The van der Waals surface area contributed by atoms with Gasteiger partial charge in [-0.25, -0.2) is 0 Å². The van der Waals surface area contributed by atoms with Gasteiger partial charge in [0.05, 0.1) is 0 Å². The van der Waals surface area contributed by atoms with Gasteiger partial charge in [0.2, 0.25) is 0 Å². The average molecular weight is 790 g/mol. The molecular formula is C50H79NS3. The zero-order valence-corrected chi connectivity index (χ0v) is 36.8. The molecule has 19 unspecified atom stereocenters. The normalized spacial score (nSPS) is 56.7. The largest absolute Gasteiger partial charge is 0.293 e. The van der Waals surface area contributed by atoms with Gasteiger partial charge in [0.1, 0.15) is 0 Å². The Morgan fingerprint density at radius 1 is 0.296 bits per heavy atom. The van der Waals surface area contributed by atoms with Gasteiger partial charge < -0.3 is 0 Å². The zero-order valence-electron chi connectivity index (χ0n) is 34.3. The van der Waals surface area contributed by atoms with Crippen LogP contribution in [0.25, 0.3) is 0 Å². The van der Waals surface area contributed by atoms with E-state index in [9.17, 15) is 0 Å². The van der Waals surface area contributed by atoms with E-state index in [1.165, 1.54) is 12.8 Å². The summed E-state index contributed by atoms with van der Waals surface area (Å²) in [6.07, 6.45) is 45.7. The van der Waals surface area contributed by atoms with Crippen molar-refractivity contribution in [2.24, 2.45) is 71.0 Å². The van der Waals surface area contributed by atoms with E-state index < -0.39 is 0 Å². The highest BCUT2D eigenvalue weighted by atomic mass is 32.2. The summed E-state index contributed by atoms with van der Waals surface area (Å²) in [6, 6.07) is 2.73. The lowest BCUT2D eigenvalue weighted by atomic mass is 9.51. The van der Waals surface area contributed by atoms with Crippen molar-refractivity contribution in [1.82, 2.24) is 4.90 Å². The van der Waals surface area contributed by atoms with E-state index in [1.807, 2.05) is 0 Å². The monoisotopic (exact) mass is 790 g/mol. The molecule has 3 aliphatic heterocycles. The molecule has 0 N–H and O–H groups in total. The summed E-state index contributed by atoms with van der Waals surface area (Å²) < 4.78 is 0. The predicted octanol–water partition coefficient (Wildman–Crippen LogP) is 13.7. The van der Waals surface area contributed by atoms with Crippen LogP contribution in [0.2, 0.25) is 0 Å². The summed E-state index contributed by atoms with van der Waals surface area (Å²) in [5, 5.41) is 6.11. The number of hydrogen-bond acceptors (Lipinski definition) is 4. The second-order valence-electron chi connectivity index (χ2n) is 22.7. The minimum atomic E-state index is 0.908. The second-order valence-corrected chi connectivity index (χ2v) is 27.1. The first-order chi connectivity index (χ1) is 26.8. The topological polar surface area (TPSA) is 3.24 Å². The van der Waals surface area contributed by atoms with Gasteiger partial charge in [-0.1, -0.05) is 64.2 Å². The molecule has 0 amide bonds. The molecule has 3 saturated heterocycles. The van der Waals surface area contributed by atoms with Crippen molar-refractivity contribution in [1.29, 1.82) is 0 Å². The minimum Gasteiger partial charge on any atom is -0.293 e. The predicted molar refractivity (Wildman–Crippen MR) is 234 cm³/mol. The Bertz CT molecular complexity index is 1310. The molecule has 19 atom stereocenters. The minimum absolute atomic E-state index is 0.908. The molecule has 0 bridgehead atoms. The van der Waals surface area contributed by atoms with E-state index in [4.69, 9.17) is 0 Å². The second kappa shape index (κ2) is 15.5. The molecule has 0 spiro atoms. The molecule has 12 aliphatic rings. The van der Waals surface area contributed by atoms with Crippen LogP contribution >= 0.6 is 35.3 Å². The Morgan fingerprint density at radius 3 is 1.72 bits per heavy atom. The van der Waals surface area contributed by atoms with Gasteiger partial charge in [-0.05, 0) is 193 Å². The molecule has 0 aromatic carbocycles. The lowest BCUT2D eigenvalue weighted by molar-refractivity contribution is -0.0536. The fraction of sp³-hybridized carbons (Fsp3) is 1.00. The highest BCUT2D eigenvalue weighted by Gasteiger charge is 2.60. The van der Waals surface area contributed by atoms with Crippen molar-refractivity contribution < 1.29 is 0 Å². The average Bonchev–Trinajstić information content (AvgIpc) is 3.92. The Labute approximate surface area is 345 Å². The van der Waals surface area contributed by atoms with E-state index in [0.717, 1.165) is 121 Å². The summed E-state index contributed by atoms with van der Waals surface area (Å²) in [5.41, 5.74) is 0. The van der Waals surface area contributed by atoms with Gasteiger partial charge in [0.25, 0.3) is 0 Å². The van der Waals surface area contributed by atoms with Crippen LogP contribution < -0.4 is 0 Å². The van der Waals surface area contributed by atoms with Crippen LogP contribution in [0.3, 0.4) is 0 Å². The summed E-state index contributed by atoms with van der Waals surface area (Å²) in [5.74, 6) is 13.1. The van der Waals surface area contributed by atoms with Gasteiger partial charge in [-0.2, -0.15) is 35.3 Å². The third kappa shape index (κ3) is 6.29. The number of nitrogens with zero attached hydrogens (tertiary/aromatic N) is 1. The van der Waals surface area contributed by atoms with Crippen LogP contribution in [0.5, 0.6) is 0 Å². The fourth-order valence-corrected chi connectivity index (χ4v) is 25.8. The standard InChI is InChI=1S/C50H79NS3/c1-2-11-34-31(10-1)28-42(36-13-4-3-12-35(34)36)30-20-22-32(23-21-30)51(33-24-25-38-37-14-5-7-18-44(37)53-47(38)29-33)43-17-9-16-39-40-26-27-46-48(50(40)54-49(39)43)41-15-6-8-19-45(41)52-46/h30-50H,1-29H2. The first-order valence-electron chi connectivity index (χ1n) is 25.5. The molecule has 0 radical (unpaired) electrons. The summed E-state index contributed by atoms with van der Waals surface area (Å²) in [4.78, 5) is 3.50. The Kier molecular flexibility index (Phi) is 10.6. The third-order valence-corrected chi connectivity index (χ3v) is 26.5. The van der Waals surface area contributed by atoms with E-state index in [2.05, 4.69) is 40.2 Å². The lowest BCUT2D eigenvalue weighted by Crippen LogP contribution is -2.58. The Hall–Kier alpha value is 1.01. The molecule has 4 heteroatoms. The van der Waals surface area contributed by atoms with Crippen LogP contribution in [0.4, 0.5) is 0 Å².